The van der Waals surface area contributed by atoms with Crippen molar-refractivity contribution in [3.63, 3.8) is 0 Å². The minimum Gasteiger partial charge on any atom is -0.457 e. The summed E-state index contributed by atoms with van der Waals surface area (Å²) in [7, 11) is 0. The lowest BCUT2D eigenvalue weighted by atomic mass is 9.87. The zero-order valence-corrected chi connectivity index (χ0v) is 12.8. The maximum absolute atomic E-state index is 9.62. The van der Waals surface area contributed by atoms with E-state index in [-0.39, 0.29) is 12.6 Å². The summed E-state index contributed by atoms with van der Waals surface area (Å²) in [5.74, 6) is 1.60. The number of para-hydroxylation sites is 1. The quantitative estimate of drug-likeness (QED) is 0.875. The van der Waals surface area contributed by atoms with Crippen LogP contribution < -0.4 is 9.80 Å². The van der Waals surface area contributed by atoms with Crippen LogP contribution in [-0.4, -0.2) is 23.4 Å². The molecule has 2 aromatic carbocycles. The molecule has 1 N–H and O–H groups in total. The molecule has 3 aliphatic rings. The number of fused-ring (bicyclic) bond motifs is 2. The smallest absolute Gasteiger partial charge is 0.137 e. The summed E-state index contributed by atoms with van der Waals surface area (Å²) < 4.78 is 5.81. The van der Waals surface area contributed by atoms with Gasteiger partial charge in [-0.25, -0.2) is 5.06 Å². The van der Waals surface area contributed by atoms with Crippen molar-refractivity contribution in [1.29, 1.82) is 0 Å². The molecule has 0 spiro atoms. The van der Waals surface area contributed by atoms with E-state index in [1.807, 2.05) is 65.7 Å². The Morgan fingerprint density at radius 2 is 1.83 bits per heavy atom. The Labute approximate surface area is 135 Å². The first-order chi connectivity index (χ1) is 11.3. The molecule has 0 saturated carbocycles. The van der Waals surface area contributed by atoms with E-state index in [0.29, 0.717) is 0 Å². The summed E-state index contributed by atoms with van der Waals surface area (Å²) in [5.41, 5.74) is 0.408. The minimum atomic E-state index is -0.562. The van der Waals surface area contributed by atoms with E-state index in [4.69, 9.17) is 9.57 Å². The van der Waals surface area contributed by atoms with Gasteiger partial charge in [-0.1, -0.05) is 24.3 Å². The molecule has 2 aliphatic heterocycles. The maximum Gasteiger partial charge on any atom is 0.137 e. The van der Waals surface area contributed by atoms with Gasteiger partial charge in [-0.15, -0.1) is 0 Å². The van der Waals surface area contributed by atoms with Crippen molar-refractivity contribution < 1.29 is 14.7 Å². The number of aliphatic hydroxyl groups is 1. The molecule has 1 fully saturated rings. The molecule has 0 unspecified atom stereocenters. The van der Waals surface area contributed by atoms with Crippen molar-refractivity contribution in [2.45, 2.75) is 24.5 Å². The lowest BCUT2D eigenvalue weighted by Gasteiger charge is -2.48. The van der Waals surface area contributed by atoms with Crippen LogP contribution in [0.1, 0.15) is 12.8 Å². The van der Waals surface area contributed by atoms with E-state index in [1.165, 1.54) is 0 Å². The second-order valence-electron chi connectivity index (χ2n) is 6.01. The highest BCUT2D eigenvalue weighted by molar-refractivity contribution is 5.50. The average molecular weight is 309 g/mol. The highest BCUT2D eigenvalue weighted by Crippen LogP contribution is 2.39. The Balaban J connectivity index is 1.52. The summed E-state index contributed by atoms with van der Waals surface area (Å²) in [5, 5.41) is 11.5. The number of anilines is 1. The van der Waals surface area contributed by atoms with Crippen LogP contribution in [0.25, 0.3) is 0 Å². The van der Waals surface area contributed by atoms with Crippen molar-refractivity contribution >= 4 is 5.69 Å². The lowest BCUT2D eigenvalue weighted by Crippen LogP contribution is -2.54. The van der Waals surface area contributed by atoms with Gasteiger partial charge in [0.05, 0.1) is 18.3 Å². The number of ether oxygens (including phenoxy) is 1. The average Bonchev–Trinajstić information content (AvgIpc) is 2.64. The topological polar surface area (TPSA) is 41.9 Å². The normalized spacial score (nSPS) is 25.6. The fraction of sp³-hybridized carbons (Fsp3) is 0.263. The standard InChI is InChI=1S/C19H19NO3/c21-14-19-12-10-16(11-13-19)20(23-19)15-6-8-18(9-7-15)22-17-4-2-1-3-5-17/h1-10,12,16,21H,11,13-14H2/t16-,19+/m1/s1. The molecule has 4 heteroatoms. The number of hydrogen-bond acceptors (Lipinski definition) is 4. The van der Waals surface area contributed by atoms with Gasteiger partial charge in [-0.05, 0) is 55.3 Å². The zero-order chi connectivity index (χ0) is 15.7. The molecule has 0 amide bonds. The van der Waals surface area contributed by atoms with Crippen LogP contribution in [-0.2, 0) is 4.84 Å². The second kappa shape index (κ2) is 5.72. The zero-order valence-electron chi connectivity index (χ0n) is 12.8. The van der Waals surface area contributed by atoms with Gasteiger partial charge in [0.1, 0.15) is 17.1 Å². The molecule has 2 aromatic rings. The molecule has 1 aliphatic carbocycles. The van der Waals surface area contributed by atoms with Crippen molar-refractivity contribution in [2.75, 3.05) is 11.7 Å². The highest BCUT2D eigenvalue weighted by atomic mass is 16.7. The van der Waals surface area contributed by atoms with Gasteiger partial charge in [-0.2, -0.15) is 0 Å². The third-order valence-corrected chi connectivity index (χ3v) is 4.40. The fourth-order valence-electron chi connectivity index (χ4n) is 3.08. The lowest BCUT2D eigenvalue weighted by molar-refractivity contribution is -0.104. The van der Waals surface area contributed by atoms with Crippen LogP contribution in [0.15, 0.2) is 66.7 Å². The highest BCUT2D eigenvalue weighted by Gasteiger charge is 2.42. The predicted octanol–water partition coefficient (Wildman–Crippen LogP) is 3.68. The fourth-order valence-corrected chi connectivity index (χ4v) is 3.08. The molecule has 0 aromatic heterocycles. The van der Waals surface area contributed by atoms with E-state index in [9.17, 15) is 5.11 Å². The number of nitrogens with zero attached hydrogens (tertiary/aromatic N) is 1. The number of aliphatic hydroxyl groups excluding tert-OH is 1. The van der Waals surface area contributed by atoms with Crippen LogP contribution in [0.3, 0.4) is 0 Å². The first-order valence-electron chi connectivity index (χ1n) is 7.90. The summed E-state index contributed by atoms with van der Waals surface area (Å²) in [6, 6.07) is 17.8. The number of benzene rings is 2. The third-order valence-electron chi connectivity index (χ3n) is 4.40. The molecule has 5 rings (SSSR count). The molecule has 2 atom stereocenters. The van der Waals surface area contributed by atoms with Gasteiger partial charge in [0, 0.05) is 0 Å². The number of rotatable bonds is 4. The predicted molar refractivity (Wildman–Crippen MR) is 88.5 cm³/mol. The Morgan fingerprint density at radius 1 is 1.09 bits per heavy atom. The van der Waals surface area contributed by atoms with E-state index >= 15 is 0 Å². The first kappa shape index (κ1) is 14.3. The van der Waals surface area contributed by atoms with Gasteiger partial charge >= 0.3 is 0 Å². The number of hydrogen-bond donors (Lipinski definition) is 1. The van der Waals surface area contributed by atoms with Crippen molar-refractivity contribution in [3.05, 3.63) is 66.7 Å². The van der Waals surface area contributed by atoms with Crippen molar-refractivity contribution in [3.8, 4) is 11.5 Å². The third kappa shape index (κ3) is 2.71. The van der Waals surface area contributed by atoms with Crippen LogP contribution in [0.2, 0.25) is 0 Å². The van der Waals surface area contributed by atoms with Crippen LogP contribution >= 0.6 is 0 Å². The van der Waals surface area contributed by atoms with E-state index in [2.05, 4.69) is 6.08 Å². The molecule has 2 heterocycles. The Hall–Kier alpha value is -2.30. The largest absolute Gasteiger partial charge is 0.457 e. The van der Waals surface area contributed by atoms with Gasteiger partial charge < -0.3 is 9.84 Å². The van der Waals surface area contributed by atoms with E-state index < -0.39 is 5.60 Å². The monoisotopic (exact) mass is 309 g/mol. The molecule has 4 nitrogen and oxygen atoms in total. The van der Waals surface area contributed by atoms with E-state index in [1.54, 1.807) is 0 Å². The minimum absolute atomic E-state index is 0.00191. The van der Waals surface area contributed by atoms with Crippen molar-refractivity contribution in [1.82, 2.24) is 0 Å². The van der Waals surface area contributed by atoms with Crippen LogP contribution in [0.5, 0.6) is 11.5 Å². The summed E-state index contributed by atoms with van der Waals surface area (Å²) in [4.78, 5) is 6.02. The molecule has 23 heavy (non-hydrogen) atoms. The molecule has 118 valence electrons. The number of hydroxylamine groups is 1. The molecular weight excluding hydrogens is 290 g/mol. The van der Waals surface area contributed by atoms with Crippen LogP contribution in [0.4, 0.5) is 5.69 Å². The van der Waals surface area contributed by atoms with Crippen LogP contribution in [0, 0.1) is 0 Å². The van der Waals surface area contributed by atoms with Gasteiger partial charge in [0.25, 0.3) is 0 Å². The van der Waals surface area contributed by atoms with Crippen molar-refractivity contribution in [2.24, 2.45) is 0 Å². The second-order valence-corrected chi connectivity index (χ2v) is 6.01. The SMILES string of the molecule is OC[C@]12C=C[C@H](CC1)N(c1ccc(Oc3ccccc3)cc1)O2. The van der Waals surface area contributed by atoms with Gasteiger partial charge in [-0.3, -0.25) is 4.84 Å². The summed E-state index contributed by atoms with van der Waals surface area (Å²) >= 11 is 0. The van der Waals surface area contributed by atoms with Gasteiger partial charge in [0.15, 0.2) is 0 Å². The Kier molecular flexibility index (Phi) is 3.56. The first-order valence-corrected chi connectivity index (χ1v) is 7.90. The molecular formula is C19H19NO3. The molecule has 1 saturated heterocycles. The van der Waals surface area contributed by atoms with E-state index in [0.717, 1.165) is 30.0 Å². The Bertz CT molecular complexity index is 698. The molecule has 2 bridgehead atoms. The summed E-state index contributed by atoms with van der Waals surface area (Å²) in [6.45, 7) is 0.00191. The maximum atomic E-state index is 9.62. The summed E-state index contributed by atoms with van der Waals surface area (Å²) in [6.07, 6.45) is 5.96. The van der Waals surface area contributed by atoms with Gasteiger partial charge in [0.2, 0.25) is 0 Å². The Morgan fingerprint density at radius 3 is 2.48 bits per heavy atom. The molecule has 0 radical (unpaired) electrons.